The Kier molecular flexibility index (Phi) is 7.03. The van der Waals surface area contributed by atoms with Crippen LogP contribution in [0.4, 0.5) is 0 Å². The maximum absolute atomic E-state index is 13.0. The van der Waals surface area contributed by atoms with Crippen LogP contribution < -0.4 is 10.6 Å². The largest absolute Gasteiger partial charge is 0.341 e. The Morgan fingerprint density at radius 2 is 1.45 bits per heavy atom. The van der Waals surface area contributed by atoms with Crippen molar-refractivity contribution < 1.29 is 4.79 Å². The Hall–Kier alpha value is -2.69. The number of carbonyl (C=O) groups is 1. The molecule has 5 rings (SSSR count). The molecule has 0 aliphatic carbocycles. The van der Waals surface area contributed by atoms with Crippen LogP contribution in [0.1, 0.15) is 37.7 Å². The second-order valence-electron chi connectivity index (χ2n) is 9.38. The molecule has 0 aromatic heterocycles. The van der Waals surface area contributed by atoms with Crippen molar-refractivity contribution in [2.24, 2.45) is 0 Å². The van der Waals surface area contributed by atoms with Gasteiger partial charge in [0, 0.05) is 39.1 Å². The van der Waals surface area contributed by atoms with Crippen molar-refractivity contribution >= 4 is 38.2 Å². The average molecular weight is 442 g/mol. The van der Waals surface area contributed by atoms with Gasteiger partial charge in [0.15, 0.2) is 0 Å². The lowest BCUT2D eigenvalue weighted by atomic mass is 9.90. The number of carbonyl (C=O) groups excluding carboxylic acids is 1. The summed E-state index contributed by atoms with van der Waals surface area (Å²) >= 11 is 0. The first kappa shape index (κ1) is 22.1. The van der Waals surface area contributed by atoms with Gasteiger partial charge in [-0.3, -0.25) is 4.79 Å². The molecule has 4 aromatic carbocycles. The predicted molar refractivity (Wildman–Crippen MR) is 139 cm³/mol. The lowest BCUT2D eigenvalue weighted by Gasteiger charge is -2.24. The van der Waals surface area contributed by atoms with Crippen molar-refractivity contribution in [3.63, 3.8) is 0 Å². The van der Waals surface area contributed by atoms with Gasteiger partial charge in [-0.15, -0.1) is 0 Å². The van der Waals surface area contributed by atoms with E-state index in [9.17, 15) is 4.79 Å². The highest BCUT2D eigenvalue weighted by atomic mass is 16.2. The quantitative estimate of drug-likeness (QED) is 0.433. The van der Waals surface area contributed by atoms with Crippen molar-refractivity contribution in [2.45, 2.75) is 38.5 Å². The van der Waals surface area contributed by atoms with E-state index in [0.29, 0.717) is 12.3 Å². The fraction of sp³-hybridized carbons (Fsp3) is 0.414. The van der Waals surface area contributed by atoms with Gasteiger partial charge < -0.3 is 15.5 Å². The topological polar surface area (TPSA) is 44.4 Å². The highest BCUT2D eigenvalue weighted by Gasteiger charge is 2.15. The lowest BCUT2D eigenvalue weighted by molar-refractivity contribution is -0.131. The van der Waals surface area contributed by atoms with Crippen molar-refractivity contribution in [1.29, 1.82) is 0 Å². The molecule has 0 unspecified atom stereocenters. The molecule has 0 bridgehead atoms. The van der Waals surface area contributed by atoms with Gasteiger partial charge in [-0.05, 0) is 70.1 Å². The summed E-state index contributed by atoms with van der Waals surface area (Å²) in [4.78, 5) is 15.1. The Morgan fingerprint density at radius 1 is 0.727 bits per heavy atom. The van der Waals surface area contributed by atoms with Crippen LogP contribution in [0.2, 0.25) is 0 Å². The van der Waals surface area contributed by atoms with Gasteiger partial charge in [0.25, 0.3) is 0 Å². The summed E-state index contributed by atoms with van der Waals surface area (Å²) in [6, 6.07) is 20.0. The molecular formula is C29H35N3O. The van der Waals surface area contributed by atoms with Gasteiger partial charge in [-0.2, -0.15) is 0 Å². The molecule has 1 heterocycles. The first-order chi connectivity index (χ1) is 16.3. The molecule has 4 aromatic rings. The molecule has 1 aliphatic heterocycles. The minimum Gasteiger partial charge on any atom is -0.341 e. The molecule has 1 saturated heterocycles. The highest BCUT2D eigenvalue weighted by Crippen LogP contribution is 2.36. The van der Waals surface area contributed by atoms with E-state index in [4.69, 9.17) is 0 Å². The highest BCUT2D eigenvalue weighted by molar-refractivity contribution is 6.23. The normalized spacial score (nSPS) is 16.8. The number of rotatable bonds is 4. The van der Waals surface area contributed by atoms with Crippen LogP contribution in [0.15, 0.2) is 54.6 Å². The van der Waals surface area contributed by atoms with E-state index in [1.54, 1.807) is 0 Å². The molecule has 0 spiro atoms. The number of hydrogen-bond acceptors (Lipinski definition) is 3. The van der Waals surface area contributed by atoms with E-state index in [-0.39, 0.29) is 0 Å². The smallest absolute Gasteiger partial charge is 0.222 e. The van der Waals surface area contributed by atoms with Crippen LogP contribution in [0.25, 0.3) is 32.3 Å². The molecule has 2 N–H and O–H groups in total. The van der Waals surface area contributed by atoms with Crippen molar-refractivity contribution in [1.82, 2.24) is 15.5 Å². The zero-order valence-electron chi connectivity index (χ0n) is 19.5. The summed E-state index contributed by atoms with van der Waals surface area (Å²) in [5.74, 6) is 0.310. The molecule has 0 atom stereocenters. The Labute approximate surface area is 196 Å². The predicted octanol–water partition coefficient (Wildman–Crippen LogP) is 5.10. The Morgan fingerprint density at radius 3 is 2.30 bits per heavy atom. The van der Waals surface area contributed by atoms with Crippen LogP contribution in [0.3, 0.4) is 0 Å². The molecule has 4 heteroatoms. The van der Waals surface area contributed by atoms with Gasteiger partial charge in [0.1, 0.15) is 0 Å². The summed E-state index contributed by atoms with van der Waals surface area (Å²) in [7, 11) is 0. The van der Waals surface area contributed by atoms with Crippen molar-refractivity contribution in [2.75, 3.05) is 39.3 Å². The Bertz CT molecular complexity index is 1190. The third-order valence-corrected chi connectivity index (χ3v) is 7.13. The molecule has 1 aliphatic rings. The number of amides is 1. The maximum atomic E-state index is 13.0. The minimum atomic E-state index is 0.310. The van der Waals surface area contributed by atoms with E-state index in [1.807, 2.05) is 0 Å². The second-order valence-corrected chi connectivity index (χ2v) is 9.38. The fourth-order valence-corrected chi connectivity index (χ4v) is 5.33. The number of hydrogen-bond donors (Lipinski definition) is 2. The van der Waals surface area contributed by atoms with Crippen LogP contribution in [0, 0.1) is 0 Å². The summed E-state index contributed by atoms with van der Waals surface area (Å²) < 4.78 is 0. The molecule has 1 fully saturated rings. The SMILES string of the molecule is O=C(CCCc1ccc2ccc3cccc4ccc1c2c34)N1CCCCCNCCNCC1. The monoisotopic (exact) mass is 441 g/mol. The van der Waals surface area contributed by atoms with E-state index in [0.717, 1.165) is 58.5 Å². The fourth-order valence-electron chi connectivity index (χ4n) is 5.33. The summed E-state index contributed by atoms with van der Waals surface area (Å²) in [6.45, 7) is 5.64. The number of nitrogens with zero attached hydrogens (tertiary/aromatic N) is 1. The van der Waals surface area contributed by atoms with E-state index >= 15 is 0 Å². The van der Waals surface area contributed by atoms with Gasteiger partial charge >= 0.3 is 0 Å². The lowest BCUT2D eigenvalue weighted by Crippen LogP contribution is -2.39. The number of benzene rings is 4. The first-order valence-electron chi connectivity index (χ1n) is 12.7. The summed E-state index contributed by atoms with van der Waals surface area (Å²) in [5, 5.41) is 14.9. The molecule has 172 valence electrons. The van der Waals surface area contributed by atoms with Crippen molar-refractivity contribution in [3.8, 4) is 0 Å². The zero-order valence-corrected chi connectivity index (χ0v) is 19.5. The minimum absolute atomic E-state index is 0.310. The molecule has 0 radical (unpaired) electrons. The van der Waals surface area contributed by atoms with Crippen LogP contribution >= 0.6 is 0 Å². The average Bonchev–Trinajstić information content (AvgIpc) is 2.83. The molecule has 4 nitrogen and oxygen atoms in total. The zero-order chi connectivity index (χ0) is 22.5. The van der Waals surface area contributed by atoms with Crippen molar-refractivity contribution in [3.05, 3.63) is 60.2 Å². The Balaban J connectivity index is 1.27. The van der Waals surface area contributed by atoms with Crippen LogP contribution in [-0.4, -0.2) is 50.1 Å². The summed E-state index contributed by atoms with van der Waals surface area (Å²) in [5.41, 5.74) is 1.36. The standard InChI is InChI=1S/C29H35N3O/c33-27(32-20-3-1-2-16-30-17-18-31-19-21-32)9-5-6-22-10-11-25-13-12-23-7-4-8-24-14-15-26(22)29(25)28(23)24/h4,7-8,10-15,30-31H,1-3,5-6,9,16-21H2. The molecule has 1 amide bonds. The van der Waals surface area contributed by atoms with E-state index in [1.165, 1.54) is 50.7 Å². The molecular weight excluding hydrogens is 406 g/mol. The van der Waals surface area contributed by atoms with Gasteiger partial charge in [0.2, 0.25) is 5.91 Å². The number of nitrogens with one attached hydrogen (secondary N) is 2. The van der Waals surface area contributed by atoms with Gasteiger partial charge in [-0.1, -0.05) is 61.0 Å². The molecule has 0 saturated carbocycles. The number of aryl methyl sites for hydroxylation is 1. The first-order valence-corrected chi connectivity index (χ1v) is 12.7. The van der Waals surface area contributed by atoms with Crippen LogP contribution in [0.5, 0.6) is 0 Å². The summed E-state index contributed by atoms with van der Waals surface area (Å²) in [6.07, 6.45) is 5.95. The third kappa shape index (κ3) is 4.97. The second kappa shape index (κ2) is 10.5. The van der Waals surface area contributed by atoms with E-state index in [2.05, 4.69) is 70.1 Å². The van der Waals surface area contributed by atoms with Gasteiger partial charge in [0.05, 0.1) is 0 Å². The maximum Gasteiger partial charge on any atom is 0.222 e. The molecule has 33 heavy (non-hydrogen) atoms. The third-order valence-electron chi connectivity index (χ3n) is 7.13. The van der Waals surface area contributed by atoms with E-state index < -0.39 is 0 Å². The van der Waals surface area contributed by atoms with Gasteiger partial charge in [-0.25, -0.2) is 0 Å². The van der Waals surface area contributed by atoms with Crippen LogP contribution in [-0.2, 0) is 11.2 Å².